The lowest BCUT2D eigenvalue weighted by molar-refractivity contribution is 0.226. The van der Waals surface area contributed by atoms with Crippen molar-refractivity contribution in [2.75, 3.05) is 26.3 Å². The van der Waals surface area contributed by atoms with Crippen LogP contribution < -0.4 is 10.1 Å². The zero-order valence-electron chi connectivity index (χ0n) is 9.28. The van der Waals surface area contributed by atoms with Gasteiger partial charge in [-0.2, -0.15) is 0 Å². The molecule has 2 atom stereocenters. The molecule has 0 aromatic heterocycles. The van der Waals surface area contributed by atoms with Gasteiger partial charge in [-0.15, -0.1) is 0 Å². The van der Waals surface area contributed by atoms with Crippen LogP contribution >= 0.6 is 0 Å². The van der Waals surface area contributed by atoms with Gasteiger partial charge in [0, 0.05) is 38.0 Å². The summed E-state index contributed by atoms with van der Waals surface area (Å²) in [5.74, 6) is 1.85. The van der Waals surface area contributed by atoms with Crippen molar-refractivity contribution >= 4 is 0 Å². The number of hydrogen-bond donors (Lipinski definition) is 2. The number of aliphatic hydroxyl groups excluding tert-OH is 1. The molecule has 0 aliphatic carbocycles. The number of rotatable bonds is 2. The van der Waals surface area contributed by atoms with E-state index in [0.29, 0.717) is 11.8 Å². The van der Waals surface area contributed by atoms with E-state index >= 15 is 0 Å². The Morgan fingerprint density at radius 1 is 1.38 bits per heavy atom. The maximum atomic E-state index is 9.33. The number of aliphatic hydroxyl groups is 1. The summed E-state index contributed by atoms with van der Waals surface area (Å²) in [7, 11) is 0. The van der Waals surface area contributed by atoms with Crippen molar-refractivity contribution < 1.29 is 9.84 Å². The summed E-state index contributed by atoms with van der Waals surface area (Å²) in [6, 6.07) is 6.47. The molecular formula is C13H17NO2. The lowest BCUT2D eigenvalue weighted by Gasteiger charge is -2.17. The molecule has 2 aliphatic heterocycles. The predicted octanol–water partition coefficient (Wildman–Crippen LogP) is 0.917. The van der Waals surface area contributed by atoms with Crippen molar-refractivity contribution in [3.05, 3.63) is 29.3 Å². The van der Waals surface area contributed by atoms with Gasteiger partial charge in [-0.25, -0.2) is 0 Å². The van der Waals surface area contributed by atoms with Gasteiger partial charge < -0.3 is 15.2 Å². The number of benzene rings is 1. The van der Waals surface area contributed by atoms with Gasteiger partial charge in [0.15, 0.2) is 0 Å². The first-order valence-electron chi connectivity index (χ1n) is 5.95. The van der Waals surface area contributed by atoms with E-state index in [2.05, 4.69) is 23.5 Å². The van der Waals surface area contributed by atoms with Crippen molar-refractivity contribution in [2.24, 2.45) is 5.92 Å². The van der Waals surface area contributed by atoms with E-state index in [4.69, 9.17) is 4.74 Å². The molecule has 0 spiro atoms. The molecule has 2 aliphatic rings. The normalized spacial score (nSPS) is 27.8. The fraction of sp³-hybridized carbons (Fsp3) is 0.538. The average molecular weight is 219 g/mol. The van der Waals surface area contributed by atoms with Gasteiger partial charge in [-0.1, -0.05) is 12.1 Å². The van der Waals surface area contributed by atoms with Gasteiger partial charge in [0.05, 0.1) is 6.61 Å². The highest BCUT2D eigenvalue weighted by atomic mass is 16.5. The fourth-order valence-electron chi connectivity index (χ4n) is 2.75. The van der Waals surface area contributed by atoms with Crippen LogP contribution in [-0.2, 0) is 6.42 Å². The summed E-state index contributed by atoms with van der Waals surface area (Å²) < 4.78 is 5.50. The van der Waals surface area contributed by atoms with E-state index in [9.17, 15) is 5.11 Å². The molecule has 0 amide bonds. The van der Waals surface area contributed by atoms with Crippen molar-refractivity contribution in [2.45, 2.75) is 12.3 Å². The molecule has 0 bridgehead atoms. The molecule has 1 aromatic carbocycles. The van der Waals surface area contributed by atoms with Crippen molar-refractivity contribution in [3.8, 4) is 5.75 Å². The highest BCUT2D eigenvalue weighted by molar-refractivity contribution is 5.41. The highest BCUT2D eigenvalue weighted by Crippen LogP contribution is 2.33. The van der Waals surface area contributed by atoms with Crippen LogP contribution in [0.5, 0.6) is 5.75 Å². The summed E-state index contributed by atoms with van der Waals surface area (Å²) in [6.45, 7) is 2.98. The Hall–Kier alpha value is -1.06. The summed E-state index contributed by atoms with van der Waals surface area (Å²) in [4.78, 5) is 0. The first kappa shape index (κ1) is 10.1. The minimum atomic E-state index is 0.269. The van der Waals surface area contributed by atoms with Crippen LogP contribution in [0.2, 0.25) is 0 Å². The van der Waals surface area contributed by atoms with Gasteiger partial charge in [-0.3, -0.25) is 0 Å². The second kappa shape index (κ2) is 4.07. The van der Waals surface area contributed by atoms with Crippen molar-refractivity contribution in [1.29, 1.82) is 0 Å². The average Bonchev–Trinajstić information content (AvgIpc) is 2.96. The second-order valence-electron chi connectivity index (χ2n) is 4.67. The molecule has 86 valence electrons. The molecule has 3 heteroatoms. The Bertz CT molecular complexity index is 392. The molecule has 1 saturated heterocycles. The molecule has 3 rings (SSSR count). The number of ether oxygens (including phenoxy) is 1. The van der Waals surface area contributed by atoms with Gasteiger partial charge in [-0.05, 0) is 17.2 Å². The first-order chi connectivity index (χ1) is 7.88. The Labute approximate surface area is 95.4 Å². The first-order valence-corrected chi connectivity index (χ1v) is 5.95. The summed E-state index contributed by atoms with van der Waals surface area (Å²) in [5, 5.41) is 12.7. The summed E-state index contributed by atoms with van der Waals surface area (Å²) in [5.41, 5.74) is 2.66. The zero-order chi connectivity index (χ0) is 11.0. The number of hydrogen-bond acceptors (Lipinski definition) is 3. The predicted molar refractivity (Wildman–Crippen MR) is 61.8 cm³/mol. The zero-order valence-corrected chi connectivity index (χ0v) is 9.28. The standard InChI is InChI=1S/C13H17NO2/c15-8-11-6-14-7-12(11)9-1-2-13-10(5-9)3-4-16-13/h1-2,5,11-12,14-15H,3-4,6-8H2/t11-,12-/m0/s1. The molecule has 2 heterocycles. The molecule has 16 heavy (non-hydrogen) atoms. The van der Waals surface area contributed by atoms with E-state index in [1.165, 1.54) is 11.1 Å². The minimum absolute atomic E-state index is 0.269. The molecule has 0 saturated carbocycles. The van der Waals surface area contributed by atoms with E-state index in [1.807, 2.05) is 0 Å². The lowest BCUT2D eigenvalue weighted by Crippen LogP contribution is -2.14. The number of nitrogens with one attached hydrogen (secondary N) is 1. The maximum Gasteiger partial charge on any atom is 0.122 e. The lowest BCUT2D eigenvalue weighted by atomic mass is 9.88. The molecular weight excluding hydrogens is 202 g/mol. The Morgan fingerprint density at radius 2 is 2.31 bits per heavy atom. The van der Waals surface area contributed by atoms with Crippen LogP contribution in [0.4, 0.5) is 0 Å². The van der Waals surface area contributed by atoms with E-state index in [-0.39, 0.29) is 6.61 Å². The van der Waals surface area contributed by atoms with Gasteiger partial charge in [0.1, 0.15) is 5.75 Å². The van der Waals surface area contributed by atoms with E-state index in [0.717, 1.165) is 31.9 Å². The third-order valence-electron chi connectivity index (χ3n) is 3.72. The van der Waals surface area contributed by atoms with E-state index in [1.54, 1.807) is 0 Å². The molecule has 1 fully saturated rings. The Morgan fingerprint density at radius 3 is 3.19 bits per heavy atom. The SMILES string of the molecule is OC[C@@H]1CNC[C@H]1c1ccc2c(c1)CCO2. The van der Waals surface area contributed by atoms with Gasteiger partial charge in [0.2, 0.25) is 0 Å². The van der Waals surface area contributed by atoms with Crippen molar-refractivity contribution in [1.82, 2.24) is 5.32 Å². The largest absolute Gasteiger partial charge is 0.493 e. The van der Waals surface area contributed by atoms with Crippen LogP contribution in [-0.4, -0.2) is 31.4 Å². The molecule has 0 unspecified atom stereocenters. The van der Waals surface area contributed by atoms with Crippen LogP contribution in [0.1, 0.15) is 17.0 Å². The van der Waals surface area contributed by atoms with E-state index < -0.39 is 0 Å². The van der Waals surface area contributed by atoms with Crippen LogP contribution in [0, 0.1) is 5.92 Å². The Balaban J connectivity index is 1.89. The highest BCUT2D eigenvalue weighted by Gasteiger charge is 2.28. The quantitative estimate of drug-likeness (QED) is 0.777. The smallest absolute Gasteiger partial charge is 0.122 e. The van der Waals surface area contributed by atoms with Gasteiger partial charge >= 0.3 is 0 Å². The molecule has 1 aromatic rings. The third kappa shape index (κ3) is 1.60. The molecule has 2 N–H and O–H groups in total. The summed E-state index contributed by atoms with van der Waals surface area (Å²) >= 11 is 0. The maximum absolute atomic E-state index is 9.33. The topological polar surface area (TPSA) is 41.5 Å². The number of fused-ring (bicyclic) bond motifs is 1. The summed E-state index contributed by atoms with van der Waals surface area (Å²) in [6.07, 6.45) is 1.02. The van der Waals surface area contributed by atoms with Crippen LogP contribution in [0.25, 0.3) is 0 Å². The van der Waals surface area contributed by atoms with Crippen LogP contribution in [0.3, 0.4) is 0 Å². The van der Waals surface area contributed by atoms with Gasteiger partial charge in [0.25, 0.3) is 0 Å². The molecule has 3 nitrogen and oxygen atoms in total. The fourth-order valence-corrected chi connectivity index (χ4v) is 2.75. The monoisotopic (exact) mass is 219 g/mol. The van der Waals surface area contributed by atoms with Crippen LogP contribution in [0.15, 0.2) is 18.2 Å². The molecule has 0 radical (unpaired) electrons. The Kier molecular flexibility index (Phi) is 2.58. The second-order valence-corrected chi connectivity index (χ2v) is 4.67. The van der Waals surface area contributed by atoms with Crippen molar-refractivity contribution in [3.63, 3.8) is 0 Å². The third-order valence-corrected chi connectivity index (χ3v) is 3.72. The minimum Gasteiger partial charge on any atom is -0.493 e.